The molecule has 1 aromatic carbocycles. The monoisotopic (exact) mass is 496 g/mol. The number of alkyl halides is 6. The van der Waals surface area contributed by atoms with Crippen molar-refractivity contribution in [1.29, 1.82) is 0 Å². The second-order valence-electron chi connectivity index (χ2n) is 8.53. The summed E-state index contributed by atoms with van der Waals surface area (Å²) >= 11 is 0. The fraction of sp³-hybridized carbons (Fsp3) is 0.550. The van der Waals surface area contributed by atoms with Crippen LogP contribution in [0.25, 0.3) is 0 Å². The number of carboxylic acid groups (broad SMARTS) is 1. The van der Waals surface area contributed by atoms with E-state index in [0.29, 0.717) is 24.6 Å². The number of halogens is 6. The average Bonchev–Trinajstić information content (AvgIpc) is 2.71. The number of carbonyl (C=O) groups excluding carboxylic acids is 1. The van der Waals surface area contributed by atoms with Crippen molar-refractivity contribution in [3.8, 4) is 5.75 Å². The van der Waals surface area contributed by atoms with Crippen LogP contribution in [0.5, 0.6) is 5.75 Å². The van der Waals surface area contributed by atoms with Crippen LogP contribution in [-0.4, -0.2) is 54.7 Å². The Morgan fingerprint density at radius 2 is 1.85 bits per heavy atom. The van der Waals surface area contributed by atoms with Gasteiger partial charge in [0, 0.05) is 13.1 Å². The van der Waals surface area contributed by atoms with Gasteiger partial charge in [0.15, 0.2) is 5.84 Å². The third-order valence-corrected chi connectivity index (χ3v) is 6.20. The molecule has 8 nitrogen and oxygen atoms in total. The maximum absolute atomic E-state index is 13.8. The van der Waals surface area contributed by atoms with Crippen molar-refractivity contribution in [2.24, 2.45) is 10.5 Å². The summed E-state index contributed by atoms with van der Waals surface area (Å²) in [6.45, 7) is 6.82. The molecule has 1 aromatic rings. The van der Waals surface area contributed by atoms with Crippen LogP contribution in [0.1, 0.15) is 37.8 Å². The van der Waals surface area contributed by atoms with Crippen molar-refractivity contribution in [2.45, 2.75) is 45.1 Å². The van der Waals surface area contributed by atoms with Crippen molar-refractivity contribution in [3.63, 3.8) is 0 Å². The summed E-state index contributed by atoms with van der Waals surface area (Å²) in [6.07, 6.45) is -9.57. The molecule has 0 aromatic heterocycles. The number of nitrogens with one attached hydrogen (secondary N) is 2. The molecular weight excluding hydrogens is 474 g/mol. The Kier molecular flexibility index (Phi) is 6.50. The highest BCUT2D eigenvalue weighted by atomic mass is 19.4. The minimum absolute atomic E-state index is 0.00541. The van der Waals surface area contributed by atoms with Crippen LogP contribution < -0.4 is 20.4 Å². The van der Waals surface area contributed by atoms with Crippen molar-refractivity contribution < 1.29 is 45.8 Å². The van der Waals surface area contributed by atoms with Crippen LogP contribution in [0.15, 0.2) is 17.2 Å². The van der Waals surface area contributed by atoms with Gasteiger partial charge >= 0.3 is 18.3 Å². The molecule has 2 atom stereocenters. The van der Waals surface area contributed by atoms with Crippen molar-refractivity contribution in [3.05, 3.63) is 23.3 Å². The SMILES string of the molecule is C[C@@H]1C(=O)NN=C2COc3cc(C(F)(F)F)c([C@@H](C)C4(C)CNC4)cc3N21.O=C(O)C(F)(F)F. The van der Waals surface area contributed by atoms with Crippen LogP contribution in [0.4, 0.5) is 32.0 Å². The fourth-order valence-electron chi connectivity index (χ4n) is 3.89. The number of hydrogen-bond acceptors (Lipinski definition) is 6. The van der Waals surface area contributed by atoms with Crippen LogP contribution in [0.3, 0.4) is 0 Å². The molecule has 3 N–H and O–H groups in total. The zero-order chi connectivity index (χ0) is 25.6. The van der Waals surface area contributed by atoms with Gasteiger partial charge in [0.25, 0.3) is 5.91 Å². The Hall–Kier alpha value is -3.03. The van der Waals surface area contributed by atoms with Gasteiger partial charge in [-0.3, -0.25) is 4.79 Å². The van der Waals surface area contributed by atoms with Crippen molar-refractivity contribution in [1.82, 2.24) is 10.7 Å². The predicted octanol–water partition coefficient (Wildman–Crippen LogP) is 3.08. The molecule has 1 fully saturated rings. The van der Waals surface area contributed by atoms with E-state index in [1.807, 2.05) is 13.8 Å². The molecule has 0 unspecified atom stereocenters. The van der Waals surface area contributed by atoms with Gasteiger partial charge in [0.05, 0.1) is 11.3 Å². The Labute approximate surface area is 189 Å². The van der Waals surface area contributed by atoms with Crippen molar-refractivity contribution >= 4 is 23.4 Å². The first-order chi connectivity index (χ1) is 15.6. The first-order valence-electron chi connectivity index (χ1n) is 10.1. The van der Waals surface area contributed by atoms with Crippen LogP contribution >= 0.6 is 0 Å². The molecule has 34 heavy (non-hydrogen) atoms. The topological polar surface area (TPSA) is 103 Å². The predicted molar refractivity (Wildman–Crippen MR) is 108 cm³/mol. The number of hydrazone groups is 1. The van der Waals surface area contributed by atoms with Crippen LogP contribution in [0.2, 0.25) is 0 Å². The number of aliphatic carboxylic acids is 1. The van der Waals surface area contributed by atoms with Gasteiger partial charge < -0.3 is 20.1 Å². The van der Waals surface area contributed by atoms with Crippen LogP contribution in [-0.2, 0) is 15.8 Å². The Morgan fingerprint density at radius 3 is 2.32 bits per heavy atom. The molecule has 3 heterocycles. The number of carboxylic acids is 1. The highest BCUT2D eigenvalue weighted by Crippen LogP contribution is 2.48. The van der Waals surface area contributed by atoms with E-state index in [1.54, 1.807) is 11.8 Å². The molecule has 4 rings (SSSR count). The first-order valence-corrected chi connectivity index (χ1v) is 10.1. The minimum atomic E-state index is -5.08. The molecule has 3 aliphatic heterocycles. The quantitative estimate of drug-likeness (QED) is 0.544. The second-order valence-corrected chi connectivity index (χ2v) is 8.53. The van der Waals surface area contributed by atoms with E-state index < -0.39 is 29.9 Å². The molecule has 0 bridgehead atoms. The smallest absolute Gasteiger partial charge is 0.483 e. The Bertz CT molecular complexity index is 1020. The normalized spacial score (nSPS) is 21.9. The summed E-state index contributed by atoms with van der Waals surface area (Å²) in [5.74, 6) is -2.79. The molecule has 0 saturated carbocycles. The van der Waals surface area contributed by atoms with Crippen LogP contribution in [0, 0.1) is 5.41 Å². The lowest BCUT2D eigenvalue weighted by Gasteiger charge is -2.46. The third-order valence-electron chi connectivity index (χ3n) is 6.20. The van der Waals surface area contributed by atoms with Gasteiger partial charge in [-0.25, -0.2) is 10.2 Å². The van der Waals surface area contributed by atoms with E-state index >= 15 is 0 Å². The fourth-order valence-corrected chi connectivity index (χ4v) is 3.89. The number of fused-ring (bicyclic) bond motifs is 3. The van der Waals surface area contributed by atoms with Gasteiger partial charge in [-0.1, -0.05) is 13.8 Å². The standard InChI is InChI=1S/C18H21F3N4O2.C2HF3O2/c1-9(17(3)7-22-8-17)11-4-13-14(5-12(11)18(19,20)21)27-6-15-23-24-16(26)10(2)25(13)15;3-2(4,5)1(6)7/h4-5,9-10,22H,6-8H2,1-3H3,(H,24,26);(H,6,7)/t9-,10-;/m1./s1. The molecular formula is C20H22F6N4O4. The summed E-state index contributed by atoms with van der Waals surface area (Å²) in [4.78, 5) is 22.6. The average molecular weight is 496 g/mol. The summed E-state index contributed by atoms with van der Waals surface area (Å²) in [6, 6.07) is 2.00. The molecule has 14 heteroatoms. The molecule has 3 aliphatic rings. The number of rotatable bonds is 2. The van der Waals surface area contributed by atoms with E-state index in [4.69, 9.17) is 14.6 Å². The van der Waals surface area contributed by atoms with E-state index in [0.717, 1.165) is 6.07 Å². The largest absolute Gasteiger partial charge is 0.490 e. The molecule has 1 amide bonds. The van der Waals surface area contributed by atoms with E-state index in [2.05, 4.69) is 15.8 Å². The number of benzene rings is 1. The highest BCUT2D eigenvalue weighted by molar-refractivity contribution is 6.09. The van der Waals surface area contributed by atoms with E-state index in [1.165, 1.54) is 6.07 Å². The van der Waals surface area contributed by atoms with Gasteiger partial charge in [-0.2, -0.15) is 31.4 Å². The molecule has 0 spiro atoms. The number of anilines is 1. The number of carbonyl (C=O) groups is 2. The number of ether oxygens (including phenoxy) is 1. The number of amides is 1. The lowest BCUT2D eigenvalue weighted by Crippen LogP contribution is -2.56. The van der Waals surface area contributed by atoms with Crippen molar-refractivity contribution in [2.75, 3.05) is 24.6 Å². The summed E-state index contributed by atoms with van der Waals surface area (Å²) in [7, 11) is 0. The lowest BCUT2D eigenvalue weighted by molar-refractivity contribution is -0.192. The van der Waals surface area contributed by atoms with E-state index in [9.17, 15) is 31.1 Å². The maximum atomic E-state index is 13.8. The molecule has 188 valence electrons. The number of amidine groups is 1. The minimum Gasteiger partial charge on any atom is -0.483 e. The zero-order valence-corrected chi connectivity index (χ0v) is 18.3. The van der Waals surface area contributed by atoms with Gasteiger partial charge in [0.1, 0.15) is 18.4 Å². The summed E-state index contributed by atoms with van der Waals surface area (Å²) < 4.78 is 78.6. The maximum Gasteiger partial charge on any atom is 0.490 e. The lowest BCUT2D eigenvalue weighted by atomic mass is 9.69. The third kappa shape index (κ3) is 4.76. The summed E-state index contributed by atoms with van der Waals surface area (Å²) in [5.41, 5.74) is 2.14. The summed E-state index contributed by atoms with van der Waals surface area (Å²) in [5, 5.41) is 14.3. The molecule has 0 aliphatic carbocycles. The Morgan fingerprint density at radius 1 is 1.26 bits per heavy atom. The second kappa shape index (κ2) is 8.64. The van der Waals surface area contributed by atoms with Gasteiger partial charge in [-0.15, -0.1) is 0 Å². The first kappa shape index (κ1) is 25.6. The number of nitrogens with zero attached hydrogens (tertiary/aromatic N) is 2. The van der Waals surface area contributed by atoms with Gasteiger partial charge in [0.2, 0.25) is 0 Å². The molecule has 1 saturated heterocycles. The Balaban J connectivity index is 0.000000406. The van der Waals surface area contributed by atoms with Gasteiger partial charge in [-0.05, 0) is 36.0 Å². The molecule has 0 radical (unpaired) electrons. The number of hydrogen-bond donors (Lipinski definition) is 3. The highest BCUT2D eigenvalue weighted by Gasteiger charge is 2.45. The zero-order valence-electron chi connectivity index (χ0n) is 18.3. The van der Waals surface area contributed by atoms with E-state index in [-0.39, 0.29) is 35.2 Å².